The molecular formula is C51H61Cl3FN7O7. The Morgan fingerprint density at radius 1 is 0.928 bits per heavy atom. The summed E-state index contributed by atoms with van der Waals surface area (Å²) in [5.74, 6) is -1.52. The maximum Gasteiger partial charge on any atom is 0.304 e. The first-order valence-electron chi connectivity index (χ1n) is 22.6. The number of carbonyl (C=O) groups is 4. The minimum absolute atomic E-state index is 0. The van der Waals surface area contributed by atoms with Gasteiger partial charge in [-0.2, -0.15) is 0 Å². The van der Waals surface area contributed by atoms with Gasteiger partial charge < -0.3 is 44.9 Å². The number of hydrogen-bond acceptors (Lipinski definition) is 9. The largest absolute Gasteiger partial charge is 0.481 e. The van der Waals surface area contributed by atoms with E-state index in [1.165, 1.54) is 7.11 Å². The number of imidazole rings is 1. The second kappa shape index (κ2) is 25.9. The highest BCUT2D eigenvalue weighted by molar-refractivity contribution is 6.31. The van der Waals surface area contributed by atoms with Gasteiger partial charge in [-0.15, -0.1) is 12.4 Å². The van der Waals surface area contributed by atoms with Gasteiger partial charge in [0.05, 0.1) is 55.6 Å². The van der Waals surface area contributed by atoms with Crippen LogP contribution >= 0.6 is 35.6 Å². The topological polar surface area (TPSA) is 167 Å². The smallest absolute Gasteiger partial charge is 0.304 e. The highest BCUT2D eigenvalue weighted by atomic mass is 35.5. The molecule has 370 valence electrons. The first-order valence-corrected chi connectivity index (χ1v) is 23.3. The molecule has 18 heteroatoms. The zero-order valence-corrected chi connectivity index (χ0v) is 41.6. The van der Waals surface area contributed by atoms with Gasteiger partial charge >= 0.3 is 5.97 Å². The molecule has 2 heterocycles. The Labute approximate surface area is 419 Å². The third kappa shape index (κ3) is 15.5. The number of hydrogen-bond donors (Lipinski definition) is 4. The number of likely N-dealkylation sites (tertiary alicyclic amines) is 1. The Morgan fingerprint density at radius 3 is 2.30 bits per heavy atom. The molecule has 1 aliphatic rings. The average Bonchev–Trinajstić information content (AvgIpc) is 3.67. The summed E-state index contributed by atoms with van der Waals surface area (Å²) < 4.78 is 27.9. The first kappa shape index (κ1) is 54.4. The predicted octanol–water partition coefficient (Wildman–Crippen LogP) is 7.67. The normalized spacial score (nSPS) is 16.0. The number of aliphatic carboxylic acids is 1. The van der Waals surface area contributed by atoms with Crippen LogP contribution in [0.25, 0.3) is 11.3 Å². The molecular weight excluding hydrogens is 948 g/mol. The van der Waals surface area contributed by atoms with E-state index in [-0.39, 0.29) is 57.3 Å². The number of piperidine rings is 1. The van der Waals surface area contributed by atoms with E-state index in [9.17, 15) is 28.7 Å². The zero-order valence-electron chi connectivity index (χ0n) is 39.3. The first-order chi connectivity index (χ1) is 32.6. The molecule has 0 aliphatic carbocycles. The number of methoxy groups -OCH3 is 1. The van der Waals surface area contributed by atoms with Crippen LogP contribution in [-0.2, 0) is 56.9 Å². The molecule has 1 aliphatic heterocycles. The number of alkyl halides is 1. The molecule has 0 saturated carbocycles. The predicted molar refractivity (Wildman–Crippen MR) is 268 cm³/mol. The highest BCUT2D eigenvalue weighted by Crippen LogP contribution is 2.32. The molecule has 1 aromatic heterocycles. The minimum Gasteiger partial charge on any atom is -0.481 e. The van der Waals surface area contributed by atoms with Gasteiger partial charge in [0.15, 0.2) is 0 Å². The molecule has 0 radical (unpaired) electrons. The number of nitrogens with one attached hydrogen (secondary N) is 3. The van der Waals surface area contributed by atoms with Crippen molar-refractivity contribution in [2.75, 3.05) is 47.6 Å². The summed E-state index contributed by atoms with van der Waals surface area (Å²) in [5, 5.41) is 19.9. The van der Waals surface area contributed by atoms with Crippen molar-refractivity contribution in [1.82, 2.24) is 35.3 Å². The molecule has 0 unspecified atom stereocenters. The van der Waals surface area contributed by atoms with Crippen LogP contribution in [0.2, 0.25) is 10.0 Å². The van der Waals surface area contributed by atoms with Crippen molar-refractivity contribution in [2.45, 2.75) is 69.2 Å². The van der Waals surface area contributed by atoms with Gasteiger partial charge in [0.1, 0.15) is 23.4 Å². The summed E-state index contributed by atoms with van der Waals surface area (Å²) in [6, 6.07) is 26.9. The van der Waals surface area contributed by atoms with Gasteiger partial charge in [0, 0.05) is 55.0 Å². The molecule has 4 atom stereocenters. The molecule has 0 spiro atoms. The number of amides is 3. The number of rotatable bonds is 23. The molecule has 5 aromatic rings. The number of carboxylic acid groups (broad SMARTS) is 1. The lowest BCUT2D eigenvalue weighted by Crippen LogP contribution is -2.65. The van der Waals surface area contributed by atoms with E-state index in [1.54, 1.807) is 35.2 Å². The van der Waals surface area contributed by atoms with Gasteiger partial charge in [-0.1, -0.05) is 71.7 Å². The summed E-state index contributed by atoms with van der Waals surface area (Å²) in [7, 11) is 7.36. The van der Waals surface area contributed by atoms with Gasteiger partial charge in [-0.25, -0.2) is 4.98 Å². The summed E-state index contributed by atoms with van der Waals surface area (Å²) in [6.07, 6.45) is 2.82. The van der Waals surface area contributed by atoms with E-state index in [2.05, 4.69) is 25.8 Å². The summed E-state index contributed by atoms with van der Waals surface area (Å²) in [5.41, 5.74) is 3.22. The fourth-order valence-corrected chi connectivity index (χ4v) is 8.88. The quantitative estimate of drug-likeness (QED) is 0.0510. The molecule has 0 bridgehead atoms. The number of benzene rings is 4. The standard InChI is InChI=1S/C51H60Cl2FN7O7.ClH/c1-59(2)31-46-56-30-44(60(46)3)36-14-19-41(20-15-36)68-45-27-40(53)18-13-37(45)29-55-42(21-23-54)48(64)57-43(32-67-4)49(65)58-51(28-35-11-16-39(52)17-12-35)22-8-24-61(33-51)50(66)38(26-47(62)63)25-34-9-6-5-7-10-34;/h5-7,9-20,27,30,38,42-43,55H,8,21-26,28-29,31-33H2,1-4H3,(H,57,64)(H,58,65)(H,62,63);1H/t38-,42+,43+,51-;/m1./s1. The Kier molecular flexibility index (Phi) is 20.4. The fourth-order valence-electron chi connectivity index (χ4n) is 8.59. The third-order valence-corrected chi connectivity index (χ3v) is 12.5. The Bertz CT molecular complexity index is 2480. The molecule has 1 fully saturated rings. The Balaban J connectivity index is 0.00000888. The Morgan fingerprint density at radius 2 is 1.64 bits per heavy atom. The number of carboxylic acids is 1. The van der Waals surface area contributed by atoms with Crippen LogP contribution in [0.4, 0.5) is 4.39 Å². The molecule has 4 aromatic carbocycles. The van der Waals surface area contributed by atoms with Crippen molar-refractivity contribution >= 4 is 59.3 Å². The SMILES string of the molecule is COC[C@H](NC(=O)[C@H](CCF)NCc1ccc(Cl)cc1Oc1ccc(-c2cnc(CN(C)C)n2C)cc1)C(=O)N[C@@]1(Cc2ccc(Cl)cc2)CCCN(C(=O)[C@@H](CC(=O)O)Cc2ccccc2)C1.Cl. The number of ether oxygens (including phenoxy) is 2. The summed E-state index contributed by atoms with van der Waals surface area (Å²) >= 11 is 12.6. The maximum atomic E-state index is 14.4. The minimum atomic E-state index is -1.20. The fraction of sp³-hybridized carbons (Fsp3) is 0.392. The van der Waals surface area contributed by atoms with Crippen molar-refractivity contribution in [3.05, 3.63) is 136 Å². The third-order valence-electron chi connectivity index (χ3n) is 12.0. The van der Waals surface area contributed by atoms with Crippen LogP contribution in [0.5, 0.6) is 11.5 Å². The van der Waals surface area contributed by atoms with Crippen molar-refractivity contribution < 1.29 is 38.1 Å². The zero-order chi connectivity index (χ0) is 48.8. The van der Waals surface area contributed by atoms with Crippen molar-refractivity contribution in [2.24, 2.45) is 13.0 Å². The van der Waals surface area contributed by atoms with E-state index >= 15 is 0 Å². The number of carbonyl (C=O) groups excluding carboxylic acids is 3. The van der Waals surface area contributed by atoms with Crippen LogP contribution in [0.3, 0.4) is 0 Å². The lowest BCUT2D eigenvalue weighted by Gasteiger charge is -2.45. The molecule has 6 rings (SSSR count). The molecule has 14 nitrogen and oxygen atoms in total. The van der Waals surface area contributed by atoms with Gasteiger partial charge in [-0.05, 0) is 106 Å². The van der Waals surface area contributed by atoms with E-state index in [1.807, 2.05) is 98.6 Å². The van der Waals surface area contributed by atoms with E-state index in [4.69, 9.17) is 32.7 Å². The summed E-state index contributed by atoms with van der Waals surface area (Å²) in [6.45, 7) is 0.220. The lowest BCUT2D eigenvalue weighted by atomic mass is 9.82. The number of halogens is 4. The van der Waals surface area contributed by atoms with Gasteiger partial charge in [-0.3, -0.25) is 23.6 Å². The molecule has 3 amide bonds. The van der Waals surface area contributed by atoms with Crippen molar-refractivity contribution in [3.8, 4) is 22.8 Å². The number of nitrogens with zero attached hydrogens (tertiary/aromatic N) is 4. The van der Waals surface area contributed by atoms with Crippen LogP contribution < -0.4 is 20.7 Å². The lowest BCUT2D eigenvalue weighted by molar-refractivity contribution is -0.146. The summed E-state index contributed by atoms with van der Waals surface area (Å²) in [4.78, 5) is 62.9. The van der Waals surface area contributed by atoms with E-state index in [0.29, 0.717) is 59.5 Å². The molecule has 1 saturated heterocycles. The monoisotopic (exact) mass is 1010 g/mol. The van der Waals surface area contributed by atoms with Gasteiger partial charge in [0.2, 0.25) is 17.7 Å². The second-order valence-corrected chi connectivity index (χ2v) is 18.5. The van der Waals surface area contributed by atoms with Crippen LogP contribution in [0.15, 0.2) is 103 Å². The molecule has 69 heavy (non-hydrogen) atoms. The van der Waals surface area contributed by atoms with E-state index < -0.39 is 48.0 Å². The highest BCUT2D eigenvalue weighted by Gasteiger charge is 2.42. The van der Waals surface area contributed by atoms with Crippen molar-refractivity contribution in [1.29, 1.82) is 0 Å². The average molecular weight is 1010 g/mol. The number of aromatic nitrogens is 2. The van der Waals surface area contributed by atoms with Crippen molar-refractivity contribution in [3.63, 3.8) is 0 Å². The van der Waals surface area contributed by atoms with Crippen LogP contribution in [0, 0.1) is 5.92 Å². The maximum absolute atomic E-state index is 14.4. The Hall–Kier alpha value is -5.55. The van der Waals surface area contributed by atoms with E-state index in [0.717, 1.165) is 28.2 Å². The second-order valence-electron chi connectivity index (χ2n) is 17.6. The van der Waals surface area contributed by atoms with Gasteiger partial charge in [0.25, 0.3) is 0 Å². The van der Waals surface area contributed by atoms with Crippen LogP contribution in [0.1, 0.15) is 48.2 Å². The van der Waals surface area contributed by atoms with Crippen LogP contribution in [-0.4, -0.2) is 113 Å². The molecule has 4 N–H and O–H groups in total.